The van der Waals surface area contributed by atoms with Gasteiger partial charge in [0.25, 0.3) is 5.91 Å². The molecule has 1 amide bonds. The number of nitrogens with one attached hydrogen (secondary N) is 1. The van der Waals surface area contributed by atoms with Crippen LogP contribution < -0.4 is 4.74 Å². The number of nitrogens with zero attached hydrogens (tertiary/aromatic N) is 3. The third-order valence-electron chi connectivity index (χ3n) is 3.95. The number of benzene rings is 2. The smallest absolute Gasteiger partial charge is 0.253 e. The Bertz CT molecular complexity index is 901. The van der Waals surface area contributed by atoms with Gasteiger partial charge in [-0.2, -0.15) is 5.10 Å². The van der Waals surface area contributed by atoms with Crippen LogP contribution in [0.3, 0.4) is 0 Å². The van der Waals surface area contributed by atoms with Gasteiger partial charge in [0.05, 0.1) is 7.11 Å². The molecule has 0 radical (unpaired) electrons. The van der Waals surface area contributed by atoms with Crippen LogP contribution in [-0.2, 0) is 12.3 Å². The van der Waals surface area contributed by atoms with E-state index in [0.717, 1.165) is 16.5 Å². The Kier molecular flexibility index (Phi) is 6.08. The summed E-state index contributed by atoms with van der Waals surface area (Å²) < 4.78 is 18.7. The van der Waals surface area contributed by atoms with Gasteiger partial charge >= 0.3 is 0 Å². The molecule has 0 fully saturated rings. The average Bonchev–Trinajstić information content (AvgIpc) is 3.20. The summed E-state index contributed by atoms with van der Waals surface area (Å²) in [4.78, 5) is 18.2. The zero-order valence-corrected chi connectivity index (χ0v) is 15.8. The molecule has 140 valence electrons. The van der Waals surface area contributed by atoms with Gasteiger partial charge < -0.3 is 9.64 Å². The highest BCUT2D eigenvalue weighted by molar-refractivity contribution is 7.98. The lowest BCUT2D eigenvalue weighted by Crippen LogP contribution is -2.26. The third kappa shape index (κ3) is 4.85. The van der Waals surface area contributed by atoms with Gasteiger partial charge in [-0.05, 0) is 35.4 Å². The lowest BCUT2D eigenvalue weighted by Gasteiger charge is -2.18. The van der Waals surface area contributed by atoms with Crippen molar-refractivity contribution in [3.63, 3.8) is 0 Å². The van der Waals surface area contributed by atoms with E-state index in [2.05, 4.69) is 15.2 Å². The van der Waals surface area contributed by atoms with E-state index in [1.807, 2.05) is 12.1 Å². The molecule has 1 N–H and O–H groups in total. The maximum atomic E-state index is 13.8. The number of hydrogen-bond donors (Lipinski definition) is 1. The fourth-order valence-corrected chi connectivity index (χ4v) is 3.27. The first kappa shape index (κ1) is 18.9. The van der Waals surface area contributed by atoms with Crippen molar-refractivity contribution in [3.05, 3.63) is 71.3 Å². The highest BCUT2D eigenvalue weighted by Gasteiger charge is 2.13. The van der Waals surface area contributed by atoms with Crippen LogP contribution in [-0.4, -0.2) is 40.1 Å². The quantitative estimate of drug-likeness (QED) is 0.629. The zero-order valence-electron chi connectivity index (χ0n) is 15.0. The number of halogens is 1. The predicted octanol–water partition coefficient (Wildman–Crippen LogP) is 3.52. The van der Waals surface area contributed by atoms with Crippen molar-refractivity contribution < 1.29 is 13.9 Å². The number of amides is 1. The van der Waals surface area contributed by atoms with Gasteiger partial charge in [0.15, 0.2) is 16.7 Å². The molecule has 27 heavy (non-hydrogen) atoms. The van der Waals surface area contributed by atoms with Crippen LogP contribution in [0.1, 0.15) is 21.5 Å². The summed E-state index contributed by atoms with van der Waals surface area (Å²) in [5.74, 6) is 0.349. The van der Waals surface area contributed by atoms with Crippen molar-refractivity contribution in [1.29, 1.82) is 0 Å². The van der Waals surface area contributed by atoms with Crippen LogP contribution in [0.4, 0.5) is 4.39 Å². The van der Waals surface area contributed by atoms with Crippen LogP contribution in [0.25, 0.3) is 0 Å². The summed E-state index contributed by atoms with van der Waals surface area (Å²) in [5, 5.41) is 7.35. The standard InChI is InChI=1S/C19H19FN4O2S/c1-24(10-14-5-8-17(26-2)16(20)9-14)18(25)15-6-3-13(4-7-15)11-27-19-21-12-22-23-19/h3-9,12H,10-11H2,1-2H3,(H,21,22,23). The minimum Gasteiger partial charge on any atom is -0.494 e. The van der Waals surface area contributed by atoms with E-state index < -0.39 is 5.82 Å². The topological polar surface area (TPSA) is 71.1 Å². The molecule has 0 atom stereocenters. The third-order valence-corrected chi connectivity index (χ3v) is 4.90. The second kappa shape index (κ2) is 8.68. The molecule has 2 aromatic carbocycles. The van der Waals surface area contributed by atoms with E-state index in [1.54, 1.807) is 36.2 Å². The van der Waals surface area contributed by atoms with Crippen molar-refractivity contribution in [2.45, 2.75) is 17.5 Å². The second-order valence-corrected chi connectivity index (χ2v) is 6.87. The zero-order chi connectivity index (χ0) is 19.2. The minimum absolute atomic E-state index is 0.124. The molecular weight excluding hydrogens is 367 g/mol. The number of methoxy groups -OCH3 is 1. The Morgan fingerprint density at radius 2 is 1.96 bits per heavy atom. The van der Waals surface area contributed by atoms with Crippen LogP contribution in [0.2, 0.25) is 0 Å². The van der Waals surface area contributed by atoms with Gasteiger partial charge in [-0.3, -0.25) is 9.89 Å². The van der Waals surface area contributed by atoms with E-state index in [4.69, 9.17) is 4.74 Å². The van der Waals surface area contributed by atoms with Gasteiger partial charge in [-0.15, -0.1) is 0 Å². The minimum atomic E-state index is -0.440. The Balaban J connectivity index is 1.60. The maximum absolute atomic E-state index is 13.8. The summed E-state index contributed by atoms with van der Waals surface area (Å²) in [5.41, 5.74) is 2.36. The molecule has 3 aromatic rings. The molecule has 0 aliphatic rings. The summed E-state index contributed by atoms with van der Waals surface area (Å²) in [6.45, 7) is 0.308. The molecule has 8 heteroatoms. The Labute approximate surface area is 160 Å². The molecule has 0 aliphatic heterocycles. The molecular formula is C19H19FN4O2S. The molecule has 0 spiro atoms. The number of H-pyrrole nitrogens is 1. The average molecular weight is 386 g/mol. The summed E-state index contributed by atoms with van der Waals surface area (Å²) in [6.07, 6.45) is 1.47. The van der Waals surface area contributed by atoms with Crippen LogP contribution in [0.15, 0.2) is 53.9 Å². The first-order valence-electron chi connectivity index (χ1n) is 8.22. The van der Waals surface area contributed by atoms with E-state index in [0.29, 0.717) is 17.7 Å². The number of rotatable bonds is 7. The Hall–Kier alpha value is -2.87. The molecule has 0 aliphatic carbocycles. The number of hydrogen-bond acceptors (Lipinski definition) is 5. The highest BCUT2D eigenvalue weighted by atomic mass is 32.2. The lowest BCUT2D eigenvalue weighted by molar-refractivity contribution is 0.0785. The maximum Gasteiger partial charge on any atom is 0.253 e. The fraction of sp³-hybridized carbons (Fsp3) is 0.211. The molecule has 1 heterocycles. The van der Waals surface area contributed by atoms with Crippen LogP contribution in [0, 0.1) is 5.82 Å². The lowest BCUT2D eigenvalue weighted by atomic mass is 10.1. The summed E-state index contributed by atoms with van der Waals surface area (Å²) in [7, 11) is 3.11. The molecule has 3 rings (SSSR count). The predicted molar refractivity (Wildman–Crippen MR) is 101 cm³/mol. The van der Waals surface area contributed by atoms with Gasteiger partial charge in [0.2, 0.25) is 0 Å². The Morgan fingerprint density at radius 1 is 1.22 bits per heavy atom. The van der Waals surface area contributed by atoms with Crippen molar-refractivity contribution in [1.82, 2.24) is 20.1 Å². The van der Waals surface area contributed by atoms with Crippen molar-refractivity contribution in [2.24, 2.45) is 0 Å². The van der Waals surface area contributed by atoms with E-state index in [-0.39, 0.29) is 11.7 Å². The van der Waals surface area contributed by atoms with E-state index in [9.17, 15) is 9.18 Å². The fourth-order valence-electron chi connectivity index (χ4n) is 2.53. The van der Waals surface area contributed by atoms with Gasteiger partial charge in [-0.25, -0.2) is 9.37 Å². The second-order valence-electron chi connectivity index (χ2n) is 5.91. The SMILES string of the molecule is COc1ccc(CN(C)C(=O)c2ccc(CSc3ncn[nH]3)cc2)cc1F. The summed E-state index contributed by atoms with van der Waals surface area (Å²) >= 11 is 1.54. The largest absolute Gasteiger partial charge is 0.494 e. The number of carbonyl (C=O) groups excluding carboxylic acids is 1. The Morgan fingerprint density at radius 3 is 2.59 bits per heavy atom. The summed E-state index contributed by atoms with van der Waals surface area (Å²) in [6, 6.07) is 12.1. The van der Waals surface area contributed by atoms with Crippen LogP contribution in [0.5, 0.6) is 5.75 Å². The number of carbonyl (C=O) groups is 1. The molecule has 0 bridgehead atoms. The molecule has 0 saturated heterocycles. The number of thioether (sulfide) groups is 1. The number of aromatic nitrogens is 3. The van der Waals surface area contributed by atoms with Crippen LogP contribution >= 0.6 is 11.8 Å². The van der Waals surface area contributed by atoms with Crippen molar-refractivity contribution >= 4 is 17.7 Å². The van der Waals surface area contributed by atoms with E-state index in [1.165, 1.54) is 31.3 Å². The molecule has 1 aromatic heterocycles. The first-order valence-corrected chi connectivity index (χ1v) is 9.20. The van der Waals surface area contributed by atoms with E-state index >= 15 is 0 Å². The number of ether oxygens (including phenoxy) is 1. The van der Waals surface area contributed by atoms with Gasteiger partial charge in [-0.1, -0.05) is 30.0 Å². The normalized spacial score (nSPS) is 10.6. The first-order chi connectivity index (χ1) is 13.1. The molecule has 0 unspecified atom stereocenters. The molecule has 6 nitrogen and oxygen atoms in total. The van der Waals surface area contributed by atoms with Gasteiger partial charge in [0.1, 0.15) is 6.33 Å². The number of aromatic amines is 1. The van der Waals surface area contributed by atoms with Gasteiger partial charge in [0, 0.05) is 24.9 Å². The van der Waals surface area contributed by atoms with Crippen molar-refractivity contribution in [3.8, 4) is 5.75 Å². The molecule has 0 saturated carbocycles. The monoisotopic (exact) mass is 386 g/mol. The van der Waals surface area contributed by atoms with Crippen molar-refractivity contribution in [2.75, 3.05) is 14.2 Å². The highest BCUT2D eigenvalue weighted by Crippen LogP contribution is 2.20.